The summed E-state index contributed by atoms with van der Waals surface area (Å²) >= 11 is 0. The van der Waals surface area contributed by atoms with Crippen molar-refractivity contribution in [3.8, 4) is 0 Å². The van der Waals surface area contributed by atoms with Crippen LogP contribution in [0, 0.1) is 25.2 Å². The van der Waals surface area contributed by atoms with E-state index in [1.54, 1.807) is 0 Å². The van der Waals surface area contributed by atoms with E-state index in [0.717, 1.165) is 62.5 Å². The molecule has 7 nitrogen and oxygen atoms in total. The third kappa shape index (κ3) is 6.23. The summed E-state index contributed by atoms with van der Waals surface area (Å²) in [5, 5.41) is 7.40. The van der Waals surface area contributed by atoms with Gasteiger partial charge in [-0.05, 0) is 71.9 Å². The molecule has 3 fully saturated rings. The Morgan fingerprint density at radius 1 is 1.21 bits per heavy atom. The van der Waals surface area contributed by atoms with Crippen LogP contribution in [0.3, 0.4) is 0 Å². The highest BCUT2D eigenvalue weighted by Gasteiger charge is 2.55. The lowest BCUT2D eigenvalue weighted by molar-refractivity contribution is -0.145. The van der Waals surface area contributed by atoms with Crippen LogP contribution in [0.1, 0.15) is 75.6 Å². The van der Waals surface area contributed by atoms with E-state index in [1.165, 1.54) is 44.9 Å². The van der Waals surface area contributed by atoms with Gasteiger partial charge in [-0.1, -0.05) is 19.3 Å². The highest BCUT2D eigenvalue weighted by molar-refractivity contribution is 14.0. The van der Waals surface area contributed by atoms with E-state index < -0.39 is 0 Å². The number of oxazole rings is 1. The second-order valence-electron chi connectivity index (χ2n) is 10.1. The summed E-state index contributed by atoms with van der Waals surface area (Å²) in [4.78, 5) is 11.5. The number of halogens is 1. The second-order valence-corrected chi connectivity index (χ2v) is 10.1. The first kappa shape index (κ1) is 26.7. The minimum absolute atomic E-state index is 0. The van der Waals surface area contributed by atoms with Crippen molar-refractivity contribution in [3.05, 3.63) is 17.3 Å². The van der Waals surface area contributed by atoms with Gasteiger partial charge >= 0.3 is 0 Å². The monoisotopic (exact) mass is 573 g/mol. The largest absolute Gasteiger partial charge is 0.444 e. The van der Waals surface area contributed by atoms with Gasteiger partial charge in [-0.3, -0.25) is 9.89 Å². The molecular formula is C25H44IN5O2. The zero-order valence-electron chi connectivity index (χ0n) is 21.0. The molecule has 33 heavy (non-hydrogen) atoms. The Morgan fingerprint density at radius 2 is 1.94 bits per heavy atom. The molecule has 1 aromatic heterocycles. The maximum atomic E-state index is 6.12. The number of aryl methyl sites for hydroxylation is 2. The number of nitrogens with zero attached hydrogens (tertiary/aromatic N) is 3. The highest BCUT2D eigenvalue weighted by Crippen LogP contribution is 2.53. The number of guanidine groups is 1. The third-order valence-corrected chi connectivity index (χ3v) is 8.17. The second kappa shape index (κ2) is 12.2. The summed E-state index contributed by atoms with van der Waals surface area (Å²) < 4.78 is 11.9. The predicted octanol–water partition coefficient (Wildman–Crippen LogP) is 4.41. The van der Waals surface area contributed by atoms with E-state index >= 15 is 0 Å². The van der Waals surface area contributed by atoms with Crippen molar-refractivity contribution in [1.29, 1.82) is 0 Å². The van der Waals surface area contributed by atoms with Gasteiger partial charge in [0.05, 0.1) is 18.3 Å². The zero-order chi connectivity index (χ0) is 22.6. The van der Waals surface area contributed by atoms with Crippen LogP contribution in [0.15, 0.2) is 9.41 Å². The number of likely N-dealkylation sites (tertiary alicyclic amines) is 1. The van der Waals surface area contributed by atoms with E-state index in [-0.39, 0.29) is 24.0 Å². The van der Waals surface area contributed by atoms with Crippen LogP contribution in [0.2, 0.25) is 0 Å². The lowest BCUT2D eigenvalue weighted by Crippen LogP contribution is -2.66. The van der Waals surface area contributed by atoms with Crippen molar-refractivity contribution < 1.29 is 9.15 Å². The molecule has 0 aromatic carbocycles. The predicted molar refractivity (Wildman–Crippen MR) is 143 cm³/mol. The number of aliphatic imine (C=N–C) groups is 1. The van der Waals surface area contributed by atoms with Gasteiger partial charge in [0.2, 0.25) is 5.89 Å². The molecule has 2 atom stereocenters. The van der Waals surface area contributed by atoms with E-state index in [4.69, 9.17) is 9.15 Å². The van der Waals surface area contributed by atoms with Gasteiger partial charge in [-0.15, -0.1) is 24.0 Å². The number of hydrogen-bond donors (Lipinski definition) is 2. The summed E-state index contributed by atoms with van der Waals surface area (Å²) in [6.07, 6.45) is 10.5. The molecule has 2 unspecified atom stereocenters. The van der Waals surface area contributed by atoms with E-state index in [9.17, 15) is 0 Å². The smallest absolute Gasteiger partial charge is 0.208 e. The van der Waals surface area contributed by atoms with Gasteiger partial charge in [0.25, 0.3) is 0 Å². The number of nitrogens with one attached hydrogen (secondary N) is 2. The normalized spacial score (nSPS) is 26.0. The Kier molecular flexibility index (Phi) is 9.88. The summed E-state index contributed by atoms with van der Waals surface area (Å²) in [7, 11) is 1.89. The summed E-state index contributed by atoms with van der Waals surface area (Å²) in [6.45, 7) is 10.9. The summed E-state index contributed by atoms with van der Waals surface area (Å²) in [5.41, 5.74) is 1.32. The van der Waals surface area contributed by atoms with Gasteiger partial charge in [0, 0.05) is 31.7 Å². The van der Waals surface area contributed by atoms with Crippen molar-refractivity contribution in [3.63, 3.8) is 0 Å². The van der Waals surface area contributed by atoms with Gasteiger partial charge in [-0.25, -0.2) is 4.98 Å². The highest BCUT2D eigenvalue weighted by atomic mass is 127. The Labute approximate surface area is 216 Å². The lowest BCUT2D eigenvalue weighted by Gasteiger charge is -2.58. The number of aromatic nitrogens is 1. The molecule has 1 aliphatic heterocycles. The van der Waals surface area contributed by atoms with Crippen LogP contribution < -0.4 is 10.6 Å². The average Bonchev–Trinajstić information content (AvgIpc) is 3.13. The molecule has 2 aliphatic carbocycles. The molecule has 4 rings (SSSR count). The van der Waals surface area contributed by atoms with Gasteiger partial charge in [-0.2, -0.15) is 0 Å². The minimum atomic E-state index is 0. The first-order valence-corrected chi connectivity index (χ1v) is 12.8. The summed E-state index contributed by atoms with van der Waals surface area (Å²) in [5.74, 6) is 3.43. The van der Waals surface area contributed by atoms with Crippen LogP contribution >= 0.6 is 24.0 Å². The molecule has 8 heteroatoms. The Hall–Kier alpha value is -0.870. The third-order valence-electron chi connectivity index (χ3n) is 8.17. The van der Waals surface area contributed by atoms with Crippen molar-refractivity contribution >= 4 is 29.9 Å². The molecule has 0 amide bonds. The van der Waals surface area contributed by atoms with Crippen molar-refractivity contribution in [1.82, 2.24) is 20.5 Å². The van der Waals surface area contributed by atoms with Crippen molar-refractivity contribution in [2.24, 2.45) is 16.3 Å². The number of hydrogen-bond acceptors (Lipinski definition) is 5. The molecule has 1 spiro atoms. The Morgan fingerprint density at radius 3 is 2.55 bits per heavy atom. The first-order chi connectivity index (χ1) is 15.5. The molecule has 1 aromatic rings. The fourth-order valence-electron chi connectivity index (χ4n) is 6.01. The quantitative estimate of drug-likeness (QED) is 0.286. The SMILES string of the molecule is CCOC1CC(NC(=NC)NCC2CCN(Cc3nc(C)c(C)o3)CC2)C12CCCCC2.I. The summed E-state index contributed by atoms with van der Waals surface area (Å²) in [6, 6.07) is 0.486. The maximum Gasteiger partial charge on any atom is 0.208 e. The fourth-order valence-corrected chi connectivity index (χ4v) is 6.01. The van der Waals surface area contributed by atoms with Crippen LogP contribution in [0.5, 0.6) is 0 Å². The van der Waals surface area contributed by atoms with E-state index in [1.807, 2.05) is 20.9 Å². The van der Waals surface area contributed by atoms with Gasteiger partial charge in [0.15, 0.2) is 5.96 Å². The molecule has 188 valence electrons. The molecule has 2 heterocycles. The maximum absolute atomic E-state index is 6.12. The minimum Gasteiger partial charge on any atom is -0.444 e. The lowest BCUT2D eigenvalue weighted by atomic mass is 9.55. The number of rotatable bonds is 7. The first-order valence-electron chi connectivity index (χ1n) is 12.8. The Bertz CT molecular complexity index is 749. The topological polar surface area (TPSA) is 74.9 Å². The average molecular weight is 574 g/mol. The number of ether oxygens (including phenoxy) is 1. The van der Waals surface area contributed by atoms with Crippen molar-refractivity contribution in [2.75, 3.05) is 33.3 Å². The molecule has 3 aliphatic rings. The van der Waals surface area contributed by atoms with E-state index in [0.29, 0.717) is 23.5 Å². The molecular weight excluding hydrogens is 529 g/mol. The van der Waals surface area contributed by atoms with Gasteiger partial charge in [0.1, 0.15) is 5.76 Å². The van der Waals surface area contributed by atoms with Crippen LogP contribution in [-0.2, 0) is 11.3 Å². The molecule has 0 bridgehead atoms. The van der Waals surface area contributed by atoms with Gasteiger partial charge < -0.3 is 19.8 Å². The molecule has 2 N–H and O–H groups in total. The van der Waals surface area contributed by atoms with Crippen LogP contribution in [0.4, 0.5) is 0 Å². The van der Waals surface area contributed by atoms with Crippen LogP contribution in [-0.4, -0.2) is 61.3 Å². The molecule has 0 radical (unpaired) electrons. The zero-order valence-corrected chi connectivity index (χ0v) is 23.3. The molecule has 1 saturated heterocycles. The fraction of sp³-hybridized carbons (Fsp3) is 0.840. The van der Waals surface area contributed by atoms with Crippen LogP contribution in [0.25, 0.3) is 0 Å². The standard InChI is InChI=1S/C25H43N5O2.HI/c1-5-31-22-15-21(25(22)11-7-6-8-12-25)29-24(26-4)27-16-20-9-13-30(14-10-20)17-23-28-18(2)19(3)32-23;/h20-22H,5-17H2,1-4H3,(H2,26,27,29);1H. The van der Waals surface area contributed by atoms with Crippen molar-refractivity contribution in [2.45, 2.75) is 90.8 Å². The number of piperidine rings is 1. The Balaban J connectivity index is 0.00000306. The molecule has 2 saturated carbocycles. The van der Waals surface area contributed by atoms with E-state index in [2.05, 4.69) is 32.4 Å².